The highest BCUT2D eigenvalue weighted by atomic mass is 35.5. The monoisotopic (exact) mass is 430 g/mol. The first-order valence-electron chi connectivity index (χ1n) is 6.93. The first-order valence-corrected chi connectivity index (χ1v) is 8.45. The summed E-state index contributed by atoms with van der Waals surface area (Å²) in [6.07, 6.45) is 2.01. The summed E-state index contributed by atoms with van der Waals surface area (Å²) in [5.41, 5.74) is 0.673. The summed E-state index contributed by atoms with van der Waals surface area (Å²) in [5.74, 6) is -1.04. The zero-order chi connectivity index (χ0) is 19.4. The fraction of sp³-hybridized carbons (Fsp3) is 0. The van der Waals surface area contributed by atoms with Crippen LogP contribution < -0.4 is 9.47 Å². The number of hydrogen-bond donors (Lipinski definition) is 0. The first kappa shape index (κ1) is 20.3. The topological polar surface area (TPSA) is 52.6 Å². The third-order valence-electron chi connectivity index (χ3n) is 3.05. The molecule has 0 spiro atoms. The van der Waals surface area contributed by atoms with E-state index in [9.17, 15) is 9.59 Å². The molecular weight excluding hydrogens is 422 g/mol. The molecule has 26 heavy (non-hydrogen) atoms. The number of hydrogen-bond acceptors (Lipinski definition) is 4. The van der Waals surface area contributed by atoms with Crippen molar-refractivity contribution >= 4 is 58.3 Å². The van der Waals surface area contributed by atoms with E-state index in [1.54, 1.807) is 0 Å². The molecule has 0 aromatic heterocycles. The van der Waals surface area contributed by atoms with Crippen LogP contribution in [-0.4, -0.2) is 11.9 Å². The molecule has 0 aliphatic carbocycles. The molecule has 2 aromatic carbocycles. The number of ether oxygens (including phenoxy) is 2. The maximum atomic E-state index is 11.3. The normalized spacial score (nSPS) is 10.2. The van der Waals surface area contributed by atoms with Crippen molar-refractivity contribution in [3.8, 4) is 22.6 Å². The Hall–Kier alpha value is -1.98. The second kappa shape index (κ2) is 8.60. The van der Waals surface area contributed by atoms with E-state index in [4.69, 9.17) is 55.9 Å². The molecule has 134 valence electrons. The van der Waals surface area contributed by atoms with Gasteiger partial charge in [0.1, 0.15) is 11.5 Å². The molecule has 2 aromatic rings. The minimum absolute atomic E-state index is 0.137. The first-order chi connectivity index (χ1) is 12.3. The SMILES string of the molecule is C=CC(=O)Oc1cc(Cl)c(-c2c(Cl)cc(OC(=O)C=C)cc2Cl)c(Cl)c1. The van der Waals surface area contributed by atoms with Crippen molar-refractivity contribution in [2.45, 2.75) is 0 Å². The Labute approximate surface area is 169 Å². The zero-order valence-corrected chi connectivity index (χ0v) is 16.0. The molecule has 0 unspecified atom stereocenters. The van der Waals surface area contributed by atoms with Gasteiger partial charge < -0.3 is 9.47 Å². The Morgan fingerprint density at radius 1 is 0.692 bits per heavy atom. The van der Waals surface area contributed by atoms with Crippen LogP contribution in [0.4, 0.5) is 0 Å². The number of benzene rings is 2. The molecule has 0 N–H and O–H groups in total. The maximum Gasteiger partial charge on any atom is 0.335 e. The van der Waals surface area contributed by atoms with E-state index < -0.39 is 11.9 Å². The summed E-state index contributed by atoms with van der Waals surface area (Å²) in [4.78, 5) is 22.6. The van der Waals surface area contributed by atoms with Crippen molar-refractivity contribution < 1.29 is 19.1 Å². The molecule has 0 aliphatic rings. The van der Waals surface area contributed by atoms with Crippen LogP contribution in [0.2, 0.25) is 20.1 Å². The number of carbonyl (C=O) groups is 2. The Morgan fingerprint density at radius 3 is 1.19 bits per heavy atom. The van der Waals surface area contributed by atoms with E-state index in [1.165, 1.54) is 24.3 Å². The molecule has 0 heterocycles. The molecule has 0 radical (unpaired) electrons. The summed E-state index contributed by atoms with van der Waals surface area (Å²) in [7, 11) is 0. The summed E-state index contributed by atoms with van der Waals surface area (Å²) >= 11 is 25.1. The molecular formula is C18H10Cl4O4. The molecule has 0 atom stereocenters. The highest BCUT2D eigenvalue weighted by molar-refractivity contribution is 6.44. The fourth-order valence-corrected chi connectivity index (χ4v) is 3.32. The van der Waals surface area contributed by atoms with E-state index in [-0.39, 0.29) is 31.6 Å². The molecule has 4 nitrogen and oxygen atoms in total. The highest BCUT2D eigenvalue weighted by Crippen LogP contribution is 2.45. The predicted molar refractivity (Wildman–Crippen MR) is 104 cm³/mol. The zero-order valence-electron chi connectivity index (χ0n) is 13.0. The van der Waals surface area contributed by atoms with Gasteiger partial charge in [-0.2, -0.15) is 0 Å². The average molecular weight is 432 g/mol. The summed E-state index contributed by atoms with van der Waals surface area (Å²) in [6, 6.07) is 5.57. The number of rotatable bonds is 5. The van der Waals surface area contributed by atoms with Gasteiger partial charge in [0, 0.05) is 47.5 Å². The van der Waals surface area contributed by atoms with Crippen molar-refractivity contribution in [2.24, 2.45) is 0 Å². The fourth-order valence-electron chi connectivity index (χ4n) is 2.01. The average Bonchev–Trinajstić information content (AvgIpc) is 2.56. The van der Waals surface area contributed by atoms with E-state index >= 15 is 0 Å². The molecule has 0 bridgehead atoms. The van der Waals surface area contributed by atoms with Crippen LogP contribution in [0.1, 0.15) is 0 Å². The Bertz CT molecular complexity index is 800. The standard InChI is InChI=1S/C18H10Cl4O4/c1-3-15(23)25-9-5-11(19)17(12(20)6-9)18-13(21)7-10(8-14(18)22)26-16(24)4-2/h3-8H,1-2H2. The van der Waals surface area contributed by atoms with Crippen molar-refractivity contribution in [2.75, 3.05) is 0 Å². The van der Waals surface area contributed by atoms with Crippen molar-refractivity contribution in [1.29, 1.82) is 0 Å². The van der Waals surface area contributed by atoms with Gasteiger partial charge in [0.2, 0.25) is 0 Å². The molecule has 0 saturated carbocycles. The van der Waals surface area contributed by atoms with E-state index in [0.29, 0.717) is 11.1 Å². The van der Waals surface area contributed by atoms with Crippen LogP contribution in [0, 0.1) is 0 Å². The van der Waals surface area contributed by atoms with Crippen LogP contribution in [-0.2, 0) is 9.59 Å². The van der Waals surface area contributed by atoms with Gasteiger partial charge in [-0.1, -0.05) is 59.6 Å². The molecule has 0 fully saturated rings. The van der Waals surface area contributed by atoms with Crippen molar-refractivity contribution in [3.63, 3.8) is 0 Å². The second-order valence-corrected chi connectivity index (χ2v) is 6.40. The summed E-state index contributed by atoms with van der Waals surface area (Å²) in [6.45, 7) is 6.61. The molecule has 8 heteroatoms. The Morgan fingerprint density at radius 2 is 0.962 bits per heavy atom. The summed E-state index contributed by atoms with van der Waals surface area (Å²) in [5, 5.41) is 0.626. The van der Waals surface area contributed by atoms with Gasteiger partial charge in [0.25, 0.3) is 0 Å². The lowest BCUT2D eigenvalue weighted by Gasteiger charge is -2.14. The molecule has 2 rings (SSSR count). The molecule has 0 aliphatic heterocycles. The number of esters is 2. The van der Waals surface area contributed by atoms with Gasteiger partial charge in [-0.15, -0.1) is 0 Å². The third kappa shape index (κ3) is 4.59. The largest absolute Gasteiger partial charge is 0.423 e. The lowest BCUT2D eigenvalue weighted by atomic mass is 10.0. The minimum Gasteiger partial charge on any atom is -0.423 e. The van der Waals surface area contributed by atoms with Gasteiger partial charge in [-0.25, -0.2) is 9.59 Å². The van der Waals surface area contributed by atoms with Crippen LogP contribution >= 0.6 is 46.4 Å². The Balaban J connectivity index is 2.51. The van der Waals surface area contributed by atoms with Gasteiger partial charge in [0.15, 0.2) is 0 Å². The number of halogens is 4. The predicted octanol–water partition coefficient (Wildman–Crippen LogP) is 6.15. The summed E-state index contributed by atoms with van der Waals surface area (Å²) < 4.78 is 9.99. The molecule has 0 amide bonds. The highest BCUT2D eigenvalue weighted by Gasteiger charge is 2.19. The van der Waals surface area contributed by atoms with Crippen LogP contribution in [0.5, 0.6) is 11.5 Å². The van der Waals surface area contributed by atoms with Gasteiger partial charge >= 0.3 is 11.9 Å². The minimum atomic E-state index is -0.658. The van der Waals surface area contributed by atoms with E-state index in [2.05, 4.69) is 13.2 Å². The van der Waals surface area contributed by atoms with Crippen LogP contribution in [0.25, 0.3) is 11.1 Å². The van der Waals surface area contributed by atoms with Gasteiger partial charge in [-0.3, -0.25) is 0 Å². The third-order valence-corrected chi connectivity index (χ3v) is 4.24. The quantitative estimate of drug-likeness (QED) is 0.323. The van der Waals surface area contributed by atoms with Gasteiger partial charge in [-0.05, 0) is 0 Å². The molecule has 0 saturated heterocycles. The van der Waals surface area contributed by atoms with E-state index in [0.717, 1.165) is 12.2 Å². The number of carbonyl (C=O) groups excluding carboxylic acids is 2. The van der Waals surface area contributed by atoms with Crippen LogP contribution in [0.15, 0.2) is 49.6 Å². The smallest absolute Gasteiger partial charge is 0.335 e. The second-order valence-electron chi connectivity index (χ2n) is 4.77. The van der Waals surface area contributed by atoms with Crippen molar-refractivity contribution in [3.05, 3.63) is 69.7 Å². The van der Waals surface area contributed by atoms with E-state index in [1.807, 2.05) is 0 Å². The van der Waals surface area contributed by atoms with Crippen molar-refractivity contribution in [1.82, 2.24) is 0 Å². The van der Waals surface area contributed by atoms with Crippen LogP contribution in [0.3, 0.4) is 0 Å². The van der Waals surface area contributed by atoms with Gasteiger partial charge in [0.05, 0.1) is 20.1 Å². The lowest BCUT2D eigenvalue weighted by molar-refractivity contribution is -0.129. The maximum absolute atomic E-state index is 11.3. The Kier molecular flexibility index (Phi) is 6.73. The lowest BCUT2D eigenvalue weighted by Crippen LogP contribution is -2.04.